The van der Waals surface area contributed by atoms with Crippen molar-refractivity contribution in [2.75, 3.05) is 31.3 Å². The van der Waals surface area contributed by atoms with E-state index < -0.39 is 0 Å². The molecule has 1 saturated carbocycles. The van der Waals surface area contributed by atoms with Crippen molar-refractivity contribution in [3.05, 3.63) is 4.88 Å². The summed E-state index contributed by atoms with van der Waals surface area (Å²) in [7, 11) is 3.61. The Balaban J connectivity index is 2.34. The van der Waals surface area contributed by atoms with Crippen molar-refractivity contribution < 1.29 is 9.53 Å². The maximum absolute atomic E-state index is 12.1. The first kappa shape index (κ1) is 13.2. The van der Waals surface area contributed by atoms with Crippen LogP contribution in [-0.4, -0.2) is 26.5 Å². The van der Waals surface area contributed by atoms with Crippen LogP contribution in [0.25, 0.3) is 0 Å². The van der Waals surface area contributed by atoms with Crippen LogP contribution in [-0.2, 0) is 0 Å². The molecule has 0 bridgehead atoms. The van der Waals surface area contributed by atoms with Crippen molar-refractivity contribution in [2.45, 2.75) is 26.2 Å². The number of thiophene rings is 1. The van der Waals surface area contributed by atoms with Crippen LogP contribution in [0.3, 0.4) is 0 Å². The van der Waals surface area contributed by atoms with Gasteiger partial charge in [-0.2, -0.15) is 0 Å². The molecule has 1 aliphatic carbocycles. The fraction of sp³-hybridized carbons (Fsp3) is 0.615. The minimum absolute atomic E-state index is 0.187. The molecule has 0 aromatic carbocycles. The third-order valence-electron chi connectivity index (χ3n) is 3.16. The van der Waals surface area contributed by atoms with Gasteiger partial charge in [0.1, 0.15) is 5.00 Å². The van der Waals surface area contributed by atoms with E-state index in [2.05, 4.69) is 11.8 Å². The van der Waals surface area contributed by atoms with Crippen LogP contribution >= 0.6 is 11.3 Å². The van der Waals surface area contributed by atoms with Crippen LogP contribution in [0.2, 0.25) is 0 Å². The van der Waals surface area contributed by atoms with E-state index in [-0.39, 0.29) is 11.7 Å². The molecule has 2 N–H and O–H groups in total. The molecule has 5 heteroatoms. The van der Waals surface area contributed by atoms with E-state index in [0.717, 1.165) is 30.8 Å². The van der Waals surface area contributed by atoms with E-state index in [1.165, 1.54) is 11.3 Å². The predicted molar refractivity (Wildman–Crippen MR) is 75.9 cm³/mol. The van der Waals surface area contributed by atoms with Gasteiger partial charge in [-0.05, 0) is 19.3 Å². The summed E-state index contributed by atoms with van der Waals surface area (Å²) in [5, 5.41) is 0.959. The first-order chi connectivity index (χ1) is 8.60. The number of carbonyl (C=O) groups excluding carboxylic acids is 1. The fourth-order valence-electron chi connectivity index (χ4n) is 2.02. The van der Waals surface area contributed by atoms with E-state index in [4.69, 9.17) is 10.5 Å². The number of nitrogen functional groups attached to an aromatic ring is 1. The quantitative estimate of drug-likeness (QED) is 0.806. The van der Waals surface area contributed by atoms with Gasteiger partial charge in [-0.1, -0.05) is 6.92 Å². The standard InChI is InChI=1S/C13H20N2O2S/c1-4-7-15(2)13-11(17-3)9(14)12(18-13)10(16)8-5-6-8/h8H,4-7,14H2,1-3H3. The molecule has 0 amide bonds. The van der Waals surface area contributed by atoms with Gasteiger partial charge in [0.05, 0.1) is 17.7 Å². The zero-order chi connectivity index (χ0) is 13.3. The smallest absolute Gasteiger partial charge is 0.178 e. The van der Waals surface area contributed by atoms with Crippen LogP contribution in [0.5, 0.6) is 5.75 Å². The Morgan fingerprint density at radius 1 is 1.56 bits per heavy atom. The van der Waals surface area contributed by atoms with Crippen LogP contribution < -0.4 is 15.4 Å². The second-order valence-corrected chi connectivity index (χ2v) is 5.74. The molecule has 0 atom stereocenters. The lowest BCUT2D eigenvalue weighted by Crippen LogP contribution is -2.17. The molecule has 1 aromatic rings. The van der Waals surface area contributed by atoms with Crippen molar-refractivity contribution in [3.8, 4) is 5.75 Å². The Bertz CT molecular complexity index is 452. The Labute approximate surface area is 112 Å². The van der Waals surface area contributed by atoms with Gasteiger partial charge in [-0.25, -0.2) is 0 Å². The average Bonchev–Trinajstić information content (AvgIpc) is 3.13. The molecular formula is C13H20N2O2S. The lowest BCUT2D eigenvalue weighted by molar-refractivity contribution is 0.0972. The first-order valence-electron chi connectivity index (χ1n) is 6.31. The molecule has 1 aliphatic rings. The van der Waals surface area contributed by atoms with Gasteiger partial charge in [0.25, 0.3) is 0 Å². The molecule has 4 nitrogen and oxygen atoms in total. The van der Waals surface area contributed by atoms with Crippen molar-refractivity contribution in [2.24, 2.45) is 5.92 Å². The first-order valence-corrected chi connectivity index (χ1v) is 7.13. The van der Waals surface area contributed by atoms with Crippen LogP contribution in [0.4, 0.5) is 10.7 Å². The minimum Gasteiger partial charge on any atom is -0.492 e. The van der Waals surface area contributed by atoms with E-state index in [1.54, 1.807) is 7.11 Å². The number of methoxy groups -OCH3 is 1. The normalized spacial score (nSPS) is 14.6. The number of hydrogen-bond acceptors (Lipinski definition) is 5. The van der Waals surface area contributed by atoms with Gasteiger partial charge in [0.2, 0.25) is 0 Å². The SMILES string of the molecule is CCCN(C)c1sc(C(=O)C2CC2)c(N)c1OC. The highest BCUT2D eigenvalue weighted by Gasteiger charge is 2.34. The number of anilines is 2. The van der Waals surface area contributed by atoms with Gasteiger partial charge in [-0.3, -0.25) is 4.79 Å². The lowest BCUT2D eigenvalue weighted by Gasteiger charge is -2.17. The molecule has 0 unspecified atom stereocenters. The third-order valence-corrected chi connectivity index (χ3v) is 4.48. The summed E-state index contributed by atoms with van der Waals surface area (Å²) in [6.07, 6.45) is 3.04. The number of nitrogens with zero attached hydrogens (tertiary/aromatic N) is 1. The summed E-state index contributed by atoms with van der Waals surface area (Å²) < 4.78 is 5.37. The summed E-state index contributed by atoms with van der Waals surface area (Å²) in [5.74, 6) is 1.03. The molecular weight excluding hydrogens is 248 g/mol. The summed E-state index contributed by atoms with van der Waals surface area (Å²) in [6.45, 7) is 3.05. The third kappa shape index (κ3) is 2.32. The molecule has 1 heterocycles. The number of carbonyl (C=O) groups is 1. The highest BCUT2D eigenvalue weighted by atomic mass is 32.1. The number of ketones is 1. The summed E-state index contributed by atoms with van der Waals surface area (Å²) >= 11 is 1.46. The predicted octanol–water partition coefficient (Wildman–Crippen LogP) is 2.78. The highest BCUT2D eigenvalue weighted by molar-refractivity contribution is 7.19. The Kier molecular flexibility index (Phi) is 3.80. The second kappa shape index (κ2) is 5.18. The monoisotopic (exact) mass is 268 g/mol. The minimum atomic E-state index is 0.187. The maximum Gasteiger partial charge on any atom is 0.178 e. The van der Waals surface area contributed by atoms with Gasteiger partial charge >= 0.3 is 0 Å². The number of Topliss-reactive ketones (excluding diaryl/α,β-unsaturated/α-hetero) is 1. The van der Waals surface area contributed by atoms with Gasteiger partial charge in [-0.15, -0.1) is 11.3 Å². The Morgan fingerprint density at radius 2 is 2.22 bits per heavy atom. The van der Waals surface area contributed by atoms with Crippen molar-refractivity contribution >= 4 is 27.8 Å². The molecule has 100 valence electrons. The van der Waals surface area contributed by atoms with Gasteiger partial charge in [0.15, 0.2) is 11.5 Å². The van der Waals surface area contributed by atoms with Gasteiger partial charge in [0, 0.05) is 19.5 Å². The number of hydrogen-bond donors (Lipinski definition) is 1. The van der Waals surface area contributed by atoms with E-state index in [0.29, 0.717) is 16.3 Å². The number of ether oxygens (including phenoxy) is 1. The largest absolute Gasteiger partial charge is 0.492 e. The molecule has 0 spiro atoms. The van der Waals surface area contributed by atoms with E-state index in [1.807, 2.05) is 7.05 Å². The highest BCUT2D eigenvalue weighted by Crippen LogP contribution is 2.47. The van der Waals surface area contributed by atoms with Crippen molar-refractivity contribution in [1.29, 1.82) is 0 Å². The summed E-state index contributed by atoms with van der Waals surface area (Å²) in [5.41, 5.74) is 6.56. The zero-order valence-electron chi connectivity index (χ0n) is 11.2. The topological polar surface area (TPSA) is 55.6 Å². The molecule has 0 aliphatic heterocycles. The molecule has 0 radical (unpaired) electrons. The van der Waals surface area contributed by atoms with Crippen LogP contribution in [0.1, 0.15) is 35.9 Å². The molecule has 0 saturated heterocycles. The van der Waals surface area contributed by atoms with E-state index >= 15 is 0 Å². The summed E-state index contributed by atoms with van der Waals surface area (Å²) in [6, 6.07) is 0. The van der Waals surface area contributed by atoms with Crippen molar-refractivity contribution in [3.63, 3.8) is 0 Å². The van der Waals surface area contributed by atoms with Gasteiger partial charge < -0.3 is 15.4 Å². The second-order valence-electron chi connectivity index (χ2n) is 4.74. The van der Waals surface area contributed by atoms with Crippen LogP contribution in [0.15, 0.2) is 0 Å². The fourth-order valence-corrected chi connectivity index (χ4v) is 3.21. The number of nitrogens with two attached hydrogens (primary N) is 1. The van der Waals surface area contributed by atoms with Crippen molar-refractivity contribution in [1.82, 2.24) is 0 Å². The maximum atomic E-state index is 12.1. The Morgan fingerprint density at radius 3 is 2.72 bits per heavy atom. The molecule has 2 rings (SSSR count). The molecule has 1 fully saturated rings. The van der Waals surface area contributed by atoms with E-state index in [9.17, 15) is 4.79 Å². The summed E-state index contributed by atoms with van der Waals surface area (Å²) in [4.78, 5) is 14.9. The average molecular weight is 268 g/mol. The molecule has 1 aromatic heterocycles. The lowest BCUT2D eigenvalue weighted by atomic mass is 10.2. The van der Waals surface area contributed by atoms with Crippen LogP contribution in [0, 0.1) is 5.92 Å². The molecule has 18 heavy (non-hydrogen) atoms. The zero-order valence-corrected chi connectivity index (χ0v) is 12.0. The number of rotatable bonds is 6. The Hall–Kier alpha value is -1.23.